The molecular formula is C15H21N5O4. The van der Waals surface area contributed by atoms with Crippen molar-refractivity contribution < 1.29 is 19.5 Å². The van der Waals surface area contributed by atoms with Gasteiger partial charge in [0.25, 0.3) is 5.91 Å². The van der Waals surface area contributed by atoms with Crippen molar-refractivity contribution in [1.29, 1.82) is 5.41 Å². The molecule has 0 radical (unpaired) electrons. The zero-order chi connectivity index (χ0) is 18.1. The molecule has 0 spiro atoms. The molecule has 0 aliphatic rings. The summed E-state index contributed by atoms with van der Waals surface area (Å²) in [6, 6.07) is 5.82. The predicted molar refractivity (Wildman–Crippen MR) is 88.8 cm³/mol. The summed E-state index contributed by atoms with van der Waals surface area (Å²) in [5.74, 6) is -2.19. The van der Waals surface area contributed by atoms with Crippen molar-refractivity contribution in [1.82, 2.24) is 10.6 Å². The average molecular weight is 335 g/mol. The van der Waals surface area contributed by atoms with E-state index >= 15 is 0 Å². The Hall–Kier alpha value is -3.10. The molecule has 9 nitrogen and oxygen atoms in total. The number of guanidine groups is 1. The Bertz CT molecular complexity index is 632. The molecule has 0 saturated carbocycles. The van der Waals surface area contributed by atoms with Crippen LogP contribution in [-0.2, 0) is 9.59 Å². The van der Waals surface area contributed by atoms with Crippen LogP contribution in [0.2, 0.25) is 0 Å². The second kappa shape index (κ2) is 9.13. The van der Waals surface area contributed by atoms with Crippen LogP contribution in [-0.4, -0.2) is 41.4 Å². The fourth-order valence-corrected chi connectivity index (χ4v) is 1.94. The topological polar surface area (TPSA) is 157 Å². The second-order valence-corrected chi connectivity index (χ2v) is 5.07. The maximum atomic E-state index is 12.0. The molecule has 0 bridgehead atoms. The standard InChI is InChI=1S/C15H21N5O4/c1-2-10(7-13(22)23)19-12(21)8-18-14(24)9-4-3-5-11(6-9)20-15(16)17/h3-6,10H,2,7-8H2,1H3,(H,18,24)(H,19,21)(H,22,23)(H4,16,17,20). The molecule has 0 fully saturated rings. The van der Waals surface area contributed by atoms with Crippen LogP contribution in [0.1, 0.15) is 30.1 Å². The lowest BCUT2D eigenvalue weighted by molar-refractivity contribution is -0.137. The molecule has 1 atom stereocenters. The highest BCUT2D eigenvalue weighted by atomic mass is 16.4. The lowest BCUT2D eigenvalue weighted by atomic mass is 10.1. The van der Waals surface area contributed by atoms with Gasteiger partial charge in [-0.05, 0) is 24.6 Å². The molecule has 24 heavy (non-hydrogen) atoms. The molecule has 9 heteroatoms. The smallest absolute Gasteiger partial charge is 0.305 e. The van der Waals surface area contributed by atoms with Gasteiger partial charge in [0.05, 0.1) is 13.0 Å². The number of nitrogens with two attached hydrogens (primary N) is 1. The summed E-state index contributed by atoms with van der Waals surface area (Å²) in [5, 5.41) is 23.4. The highest BCUT2D eigenvalue weighted by molar-refractivity contribution is 5.98. The van der Waals surface area contributed by atoms with Gasteiger partial charge in [0.15, 0.2) is 5.96 Å². The first kappa shape index (κ1) is 18.9. The summed E-state index contributed by atoms with van der Waals surface area (Å²) in [6.45, 7) is 1.50. The number of carbonyl (C=O) groups excluding carboxylic acids is 2. The van der Waals surface area contributed by atoms with Crippen LogP contribution in [0.4, 0.5) is 5.69 Å². The SMILES string of the molecule is CCC(CC(=O)O)NC(=O)CNC(=O)c1cccc(NC(=N)N)c1. The van der Waals surface area contributed by atoms with Crippen molar-refractivity contribution in [2.45, 2.75) is 25.8 Å². The van der Waals surface area contributed by atoms with Crippen molar-refractivity contribution in [2.24, 2.45) is 5.73 Å². The Kier molecular flexibility index (Phi) is 7.21. The summed E-state index contributed by atoms with van der Waals surface area (Å²) in [5.41, 5.74) is 6.00. The average Bonchev–Trinajstić information content (AvgIpc) is 2.51. The molecule has 0 aliphatic heterocycles. The molecule has 0 heterocycles. The van der Waals surface area contributed by atoms with E-state index in [2.05, 4.69) is 16.0 Å². The minimum absolute atomic E-state index is 0.172. The van der Waals surface area contributed by atoms with Gasteiger partial charge in [0.1, 0.15) is 0 Å². The zero-order valence-electron chi connectivity index (χ0n) is 13.3. The number of amides is 2. The molecule has 1 rings (SSSR count). The van der Waals surface area contributed by atoms with Crippen molar-refractivity contribution in [3.05, 3.63) is 29.8 Å². The first-order valence-corrected chi connectivity index (χ1v) is 7.32. The van der Waals surface area contributed by atoms with E-state index < -0.39 is 23.8 Å². The van der Waals surface area contributed by atoms with Crippen LogP contribution in [0.25, 0.3) is 0 Å². The maximum absolute atomic E-state index is 12.0. The van der Waals surface area contributed by atoms with Gasteiger partial charge in [-0.25, -0.2) is 0 Å². The number of nitrogens with one attached hydrogen (secondary N) is 4. The Labute approximate surface area is 139 Å². The van der Waals surface area contributed by atoms with Gasteiger partial charge >= 0.3 is 5.97 Å². The number of hydrogen-bond acceptors (Lipinski definition) is 4. The Morgan fingerprint density at radius 3 is 2.62 bits per heavy atom. The lowest BCUT2D eigenvalue weighted by Gasteiger charge is -2.15. The Balaban J connectivity index is 2.54. The van der Waals surface area contributed by atoms with Crippen LogP contribution in [0.3, 0.4) is 0 Å². The Morgan fingerprint density at radius 1 is 1.33 bits per heavy atom. The minimum atomic E-state index is -0.999. The third kappa shape index (κ3) is 6.77. The highest BCUT2D eigenvalue weighted by Crippen LogP contribution is 2.10. The van der Waals surface area contributed by atoms with Crippen LogP contribution < -0.4 is 21.7 Å². The number of aliphatic carboxylic acids is 1. The summed E-state index contributed by atoms with van der Waals surface area (Å²) in [7, 11) is 0. The molecule has 7 N–H and O–H groups in total. The Morgan fingerprint density at radius 2 is 2.04 bits per heavy atom. The van der Waals surface area contributed by atoms with E-state index in [1.807, 2.05) is 0 Å². The molecule has 2 amide bonds. The minimum Gasteiger partial charge on any atom is -0.481 e. The van der Waals surface area contributed by atoms with Gasteiger partial charge < -0.3 is 26.8 Å². The van der Waals surface area contributed by atoms with E-state index in [0.29, 0.717) is 17.7 Å². The van der Waals surface area contributed by atoms with Gasteiger partial charge in [0.2, 0.25) is 5.91 Å². The van der Waals surface area contributed by atoms with E-state index in [-0.39, 0.29) is 18.9 Å². The fraction of sp³-hybridized carbons (Fsp3) is 0.333. The van der Waals surface area contributed by atoms with Gasteiger partial charge in [-0.2, -0.15) is 0 Å². The highest BCUT2D eigenvalue weighted by Gasteiger charge is 2.15. The van der Waals surface area contributed by atoms with Crippen molar-refractivity contribution in [3.8, 4) is 0 Å². The number of benzene rings is 1. The number of hydrogen-bond donors (Lipinski definition) is 6. The summed E-state index contributed by atoms with van der Waals surface area (Å²) >= 11 is 0. The number of carboxylic acid groups (broad SMARTS) is 1. The monoisotopic (exact) mass is 335 g/mol. The van der Waals surface area contributed by atoms with E-state index in [1.54, 1.807) is 25.1 Å². The van der Waals surface area contributed by atoms with E-state index in [9.17, 15) is 14.4 Å². The van der Waals surface area contributed by atoms with Crippen LogP contribution >= 0.6 is 0 Å². The number of carbonyl (C=O) groups is 3. The van der Waals surface area contributed by atoms with E-state index in [4.69, 9.17) is 16.2 Å². The zero-order valence-corrected chi connectivity index (χ0v) is 13.3. The molecule has 0 aliphatic carbocycles. The van der Waals surface area contributed by atoms with Crippen LogP contribution in [0, 0.1) is 5.41 Å². The largest absolute Gasteiger partial charge is 0.481 e. The van der Waals surface area contributed by atoms with Gasteiger partial charge in [-0.1, -0.05) is 13.0 Å². The molecule has 0 aromatic heterocycles. The van der Waals surface area contributed by atoms with Crippen LogP contribution in [0.5, 0.6) is 0 Å². The number of anilines is 1. The fourth-order valence-electron chi connectivity index (χ4n) is 1.94. The second-order valence-electron chi connectivity index (χ2n) is 5.07. The third-order valence-electron chi connectivity index (χ3n) is 3.09. The van der Waals surface area contributed by atoms with E-state index in [0.717, 1.165) is 0 Å². The van der Waals surface area contributed by atoms with Crippen molar-refractivity contribution in [2.75, 3.05) is 11.9 Å². The number of carboxylic acids is 1. The van der Waals surface area contributed by atoms with E-state index in [1.165, 1.54) is 6.07 Å². The quantitative estimate of drug-likeness (QED) is 0.292. The van der Waals surface area contributed by atoms with Gasteiger partial charge in [0, 0.05) is 17.3 Å². The summed E-state index contributed by atoms with van der Waals surface area (Å²) in [6.07, 6.45) is 0.305. The molecule has 1 aromatic rings. The number of rotatable bonds is 8. The van der Waals surface area contributed by atoms with Crippen molar-refractivity contribution in [3.63, 3.8) is 0 Å². The normalized spacial score (nSPS) is 11.2. The molecule has 0 saturated heterocycles. The summed E-state index contributed by atoms with van der Waals surface area (Å²) < 4.78 is 0. The first-order chi connectivity index (χ1) is 11.3. The summed E-state index contributed by atoms with van der Waals surface area (Å²) in [4.78, 5) is 34.4. The molecule has 130 valence electrons. The molecule has 1 unspecified atom stereocenters. The lowest BCUT2D eigenvalue weighted by Crippen LogP contribution is -2.42. The molecule has 1 aromatic carbocycles. The van der Waals surface area contributed by atoms with Crippen molar-refractivity contribution >= 4 is 29.4 Å². The van der Waals surface area contributed by atoms with Gasteiger partial charge in [-0.15, -0.1) is 0 Å². The first-order valence-electron chi connectivity index (χ1n) is 7.32. The van der Waals surface area contributed by atoms with Crippen LogP contribution in [0.15, 0.2) is 24.3 Å². The molecular weight excluding hydrogens is 314 g/mol. The van der Waals surface area contributed by atoms with Gasteiger partial charge in [-0.3, -0.25) is 19.8 Å². The third-order valence-corrected chi connectivity index (χ3v) is 3.09. The maximum Gasteiger partial charge on any atom is 0.305 e. The predicted octanol–water partition coefficient (Wildman–Crippen LogP) is 0.0913.